The van der Waals surface area contributed by atoms with Crippen LogP contribution in [0.5, 0.6) is 0 Å². The molecule has 0 heterocycles. The summed E-state index contributed by atoms with van der Waals surface area (Å²) in [4.78, 5) is 2.38. The predicted molar refractivity (Wildman–Crippen MR) is 96.3 cm³/mol. The van der Waals surface area contributed by atoms with Crippen molar-refractivity contribution in [1.29, 1.82) is 0 Å². The van der Waals surface area contributed by atoms with Crippen molar-refractivity contribution >= 4 is 18.5 Å². The lowest BCUT2D eigenvalue weighted by Gasteiger charge is -2.32. The zero-order chi connectivity index (χ0) is 15.2. The Labute approximate surface area is 130 Å². The summed E-state index contributed by atoms with van der Waals surface area (Å²) in [6.07, 6.45) is 1.22. The third-order valence-corrected chi connectivity index (χ3v) is 6.52. The van der Waals surface area contributed by atoms with Crippen LogP contribution in [0.1, 0.15) is 13.8 Å². The Balaban J connectivity index is 2.33. The first-order chi connectivity index (χ1) is 10.1. The molecule has 2 aromatic rings. The summed E-state index contributed by atoms with van der Waals surface area (Å²) in [5, 5.41) is 2.96. The van der Waals surface area contributed by atoms with Crippen LogP contribution in [0.3, 0.4) is 0 Å². The fourth-order valence-corrected chi connectivity index (χ4v) is 5.64. The zero-order valence-corrected chi connectivity index (χ0v) is 14.4. The second kappa shape index (κ2) is 7.73. The molecule has 0 fully saturated rings. The van der Waals surface area contributed by atoms with E-state index in [1.807, 2.05) is 0 Å². The number of rotatable bonds is 6. The van der Waals surface area contributed by atoms with Gasteiger partial charge in [-0.05, 0) is 44.7 Å². The summed E-state index contributed by atoms with van der Waals surface area (Å²) in [5.74, 6) is 0.664. The Morgan fingerprint density at radius 3 is 1.57 bits per heavy atom. The number of hydrogen-bond donors (Lipinski definition) is 0. The van der Waals surface area contributed by atoms with Gasteiger partial charge in [-0.1, -0.05) is 74.5 Å². The molecular formula is C19H26NP. The van der Waals surface area contributed by atoms with Gasteiger partial charge >= 0.3 is 0 Å². The van der Waals surface area contributed by atoms with Crippen LogP contribution in [0.25, 0.3) is 0 Å². The molecule has 112 valence electrons. The third-order valence-electron chi connectivity index (χ3n) is 3.94. The summed E-state index contributed by atoms with van der Waals surface area (Å²) < 4.78 is 0. The molecule has 0 N–H and O–H groups in total. The lowest BCUT2D eigenvalue weighted by atomic mass is 10.1. The van der Waals surface area contributed by atoms with Crippen molar-refractivity contribution in [2.45, 2.75) is 19.9 Å². The van der Waals surface area contributed by atoms with Gasteiger partial charge in [0.1, 0.15) is 0 Å². The molecule has 0 aliphatic rings. The fraction of sp³-hybridized carbons (Fsp3) is 0.368. The largest absolute Gasteiger partial charge is 0.306 e. The lowest BCUT2D eigenvalue weighted by Crippen LogP contribution is -2.37. The minimum Gasteiger partial charge on any atom is -0.306 e. The normalized spacial score (nSPS) is 13.1. The van der Waals surface area contributed by atoms with E-state index >= 15 is 0 Å². The maximum absolute atomic E-state index is 2.38. The SMILES string of the molecule is CC(C)[C@@H](CP(c1ccccc1)c1ccccc1)N(C)C. The molecule has 0 aromatic heterocycles. The maximum Gasteiger partial charge on any atom is 0.0157 e. The third kappa shape index (κ3) is 4.40. The first kappa shape index (κ1) is 16.2. The molecule has 0 spiro atoms. The number of benzene rings is 2. The first-order valence-corrected chi connectivity index (χ1v) is 9.16. The highest BCUT2D eigenvalue weighted by Crippen LogP contribution is 2.36. The number of nitrogens with zero attached hydrogens (tertiary/aromatic N) is 1. The van der Waals surface area contributed by atoms with Crippen LogP contribution in [0.15, 0.2) is 60.7 Å². The average molecular weight is 299 g/mol. The van der Waals surface area contributed by atoms with Crippen LogP contribution >= 0.6 is 7.92 Å². The van der Waals surface area contributed by atoms with E-state index in [1.54, 1.807) is 0 Å². The molecule has 0 unspecified atom stereocenters. The Morgan fingerprint density at radius 2 is 1.24 bits per heavy atom. The van der Waals surface area contributed by atoms with Crippen LogP contribution < -0.4 is 10.6 Å². The summed E-state index contributed by atoms with van der Waals surface area (Å²) in [6, 6.07) is 22.6. The van der Waals surface area contributed by atoms with Crippen molar-refractivity contribution in [2.75, 3.05) is 20.3 Å². The standard InChI is InChI=1S/C19H26NP/c1-16(2)19(20(3)4)15-21(17-11-7-5-8-12-17)18-13-9-6-10-14-18/h5-14,16,19H,15H2,1-4H3/t19-/m1/s1. The van der Waals surface area contributed by atoms with Gasteiger partial charge in [0.2, 0.25) is 0 Å². The molecule has 0 saturated carbocycles. The fourth-order valence-electron chi connectivity index (χ4n) is 2.73. The van der Waals surface area contributed by atoms with E-state index in [2.05, 4.69) is 93.5 Å². The Hall–Kier alpha value is -1.17. The molecule has 0 saturated heterocycles. The number of hydrogen-bond acceptors (Lipinski definition) is 1. The average Bonchev–Trinajstić information content (AvgIpc) is 2.49. The smallest absolute Gasteiger partial charge is 0.0157 e. The van der Waals surface area contributed by atoms with Gasteiger partial charge in [0.15, 0.2) is 0 Å². The molecule has 2 heteroatoms. The molecule has 0 aliphatic carbocycles. The highest BCUT2D eigenvalue weighted by Gasteiger charge is 2.23. The summed E-state index contributed by atoms with van der Waals surface area (Å²) in [7, 11) is 4.11. The molecule has 1 nitrogen and oxygen atoms in total. The summed E-state index contributed by atoms with van der Waals surface area (Å²) in [5.41, 5.74) is 0. The van der Waals surface area contributed by atoms with Gasteiger partial charge in [-0.25, -0.2) is 0 Å². The molecule has 2 aromatic carbocycles. The second-order valence-corrected chi connectivity index (χ2v) is 8.31. The quantitative estimate of drug-likeness (QED) is 0.735. The summed E-state index contributed by atoms with van der Waals surface area (Å²) >= 11 is 0. The Morgan fingerprint density at radius 1 is 0.810 bits per heavy atom. The second-order valence-electron chi connectivity index (χ2n) is 6.06. The topological polar surface area (TPSA) is 3.24 Å². The van der Waals surface area contributed by atoms with Crippen LogP contribution in [0, 0.1) is 5.92 Å². The van der Waals surface area contributed by atoms with Gasteiger partial charge < -0.3 is 4.90 Å². The van der Waals surface area contributed by atoms with Gasteiger partial charge in [-0.15, -0.1) is 0 Å². The van der Waals surface area contributed by atoms with Crippen LogP contribution in [0.4, 0.5) is 0 Å². The molecular weight excluding hydrogens is 273 g/mol. The lowest BCUT2D eigenvalue weighted by molar-refractivity contribution is 0.255. The highest BCUT2D eigenvalue weighted by molar-refractivity contribution is 7.73. The van der Waals surface area contributed by atoms with E-state index in [0.29, 0.717) is 12.0 Å². The van der Waals surface area contributed by atoms with Crippen LogP contribution in [-0.4, -0.2) is 31.2 Å². The van der Waals surface area contributed by atoms with Crippen LogP contribution in [-0.2, 0) is 0 Å². The Bertz CT molecular complexity index is 474. The van der Waals surface area contributed by atoms with E-state index in [4.69, 9.17) is 0 Å². The zero-order valence-electron chi connectivity index (χ0n) is 13.5. The van der Waals surface area contributed by atoms with Crippen molar-refractivity contribution in [3.8, 4) is 0 Å². The van der Waals surface area contributed by atoms with Crippen molar-refractivity contribution in [1.82, 2.24) is 4.90 Å². The van der Waals surface area contributed by atoms with Gasteiger partial charge in [-0.3, -0.25) is 0 Å². The molecule has 0 amide bonds. The molecule has 1 atom stereocenters. The summed E-state index contributed by atoms with van der Waals surface area (Å²) in [6.45, 7) is 4.66. The predicted octanol–water partition coefficient (Wildman–Crippen LogP) is 3.71. The van der Waals surface area contributed by atoms with Gasteiger partial charge in [0, 0.05) is 6.04 Å². The van der Waals surface area contributed by atoms with E-state index in [-0.39, 0.29) is 7.92 Å². The minimum absolute atomic E-state index is 0.297. The molecule has 0 aliphatic heterocycles. The van der Waals surface area contributed by atoms with Crippen LogP contribution in [0.2, 0.25) is 0 Å². The van der Waals surface area contributed by atoms with Crippen molar-refractivity contribution in [3.05, 3.63) is 60.7 Å². The van der Waals surface area contributed by atoms with Gasteiger partial charge in [0.05, 0.1) is 0 Å². The van der Waals surface area contributed by atoms with E-state index < -0.39 is 0 Å². The minimum atomic E-state index is -0.297. The maximum atomic E-state index is 2.38. The van der Waals surface area contributed by atoms with Gasteiger partial charge in [0.25, 0.3) is 0 Å². The van der Waals surface area contributed by atoms with E-state index in [9.17, 15) is 0 Å². The molecule has 0 bridgehead atoms. The van der Waals surface area contributed by atoms with E-state index in [0.717, 1.165) is 0 Å². The monoisotopic (exact) mass is 299 g/mol. The highest BCUT2D eigenvalue weighted by atomic mass is 31.1. The van der Waals surface area contributed by atoms with Crippen molar-refractivity contribution in [3.63, 3.8) is 0 Å². The van der Waals surface area contributed by atoms with Crippen molar-refractivity contribution < 1.29 is 0 Å². The van der Waals surface area contributed by atoms with E-state index in [1.165, 1.54) is 16.8 Å². The van der Waals surface area contributed by atoms with Gasteiger partial charge in [-0.2, -0.15) is 0 Å². The molecule has 21 heavy (non-hydrogen) atoms. The molecule has 2 rings (SSSR count). The molecule has 0 radical (unpaired) electrons. The van der Waals surface area contributed by atoms with Crippen molar-refractivity contribution in [2.24, 2.45) is 5.92 Å². The first-order valence-electron chi connectivity index (χ1n) is 7.63. The Kier molecular flexibility index (Phi) is 5.96.